The van der Waals surface area contributed by atoms with E-state index >= 15 is 0 Å². The Morgan fingerprint density at radius 3 is 2.25 bits per heavy atom. The molecule has 2 unspecified atom stereocenters. The molecule has 1 aliphatic carbocycles. The first kappa shape index (κ1) is 30.3. The molecule has 2 rings (SSSR count). The monoisotopic (exact) mass is 505 g/mol. The van der Waals surface area contributed by atoms with Crippen LogP contribution < -0.4 is 5.32 Å². The third-order valence-corrected chi connectivity index (χ3v) is 8.18. The molecular weight excluding hydrogens is 454 g/mol. The lowest BCUT2D eigenvalue weighted by atomic mass is 9.82. The number of rotatable bonds is 11. The molecule has 1 aliphatic heterocycles. The maximum absolute atomic E-state index is 14.0. The topological polar surface area (TPSA) is 79.0 Å². The highest BCUT2D eigenvalue weighted by molar-refractivity contribution is 5.91. The van der Waals surface area contributed by atoms with Crippen molar-refractivity contribution < 1.29 is 19.1 Å². The average Bonchev–Trinajstić information content (AvgIpc) is 2.89. The standard InChI is InChI=1S/C29H51N3O4/c1-8-22(6)32-18-14-13-17-24(32)27(33)30-26(23-15-11-10-12-16-23)28(34)31(7)25(20(3)4)19-21(5)29(35)36-9-2/h19-20,22-26H,8-18H2,1-7H3,(H,30,33)/t22?,24?,25-,26+/m1/s1. The van der Waals surface area contributed by atoms with Gasteiger partial charge in [0, 0.05) is 18.7 Å². The molecule has 2 fully saturated rings. The summed E-state index contributed by atoms with van der Waals surface area (Å²) in [5.41, 5.74) is 0.500. The summed E-state index contributed by atoms with van der Waals surface area (Å²) in [6.07, 6.45) is 11.1. The van der Waals surface area contributed by atoms with E-state index in [1.54, 1.807) is 25.8 Å². The third kappa shape index (κ3) is 8.06. The Morgan fingerprint density at radius 2 is 1.67 bits per heavy atom. The lowest BCUT2D eigenvalue weighted by molar-refractivity contribution is -0.141. The zero-order chi connectivity index (χ0) is 26.8. The van der Waals surface area contributed by atoms with Crippen LogP contribution in [0.5, 0.6) is 0 Å². The number of likely N-dealkylation sites (N-methyl/N-ethyl adjacent to an activating group) is 1. The number of likely N-dealkylation sites (tertiary alicyclic amines) is 1. The molecule has 36 heavy (non-hydrogen) atoms. The minimum absolute atomic E-state index is 0.00772. The van der Waals surface area contributed by atoms with Gasteiger partial charge < -0.3 is 15.0 Å². The highest BCUT2D eigenvalue weighted by atomic mass is 16.5. The molecule has 4 atom stereocenters. The Hall–Kier alpha value is -1.89. The van der Waals surface area contributed by atoms with Crippen LogP contribution in [0.25, 0.3) is 0 Å². The van der Waals surface area contributed by atoms with E-state index in [2.05, 4.69) is 24.1 Å². The zero-order valence-corrected chi connectivity index (χ0v) is 23.8. The van der Waals surface area contributed by atoms with Crippen molar-refractivity contribution in [3.8, 4) is 0 Å². The average molecular weight is 506 g/mol. The van der Waals surface area contributed by atoms with Crippen molar-refractivity contribution in [2.75, 3.05) is 20.2 Å². The molecule has 1 saturated carbocycles. The maximum Gasteiger partial charge on any atom is 0.333 e. The van der Waals surface area contributed by atoms with Crippen LogP contribution in [0.15, 0.2) is 11.6 Å². The Bertz CT molecular complexity index is 760. The maximum atomic E-state index is 14.0. The van der Waals surface area contributed by atoms with Gasteiger partial charge in [-0.25, -0.2) is 4.79 Å². The van der Waals surface area contributed by atoms with E-state index in [0.29, 0.717) is 18.2 Å². The summed E-state index contributed by atoms with van der Waals surface area (Å²) in [4.78, 5) is 44.0. The van der Waals surface area contributed by atoms with E-state index in [1.165, 1.54) is 6.42 Å². The van der Waals surface area contributed by atoms with Gasteiger partial charge in [-0.3, -0.25) is 14.5 Å². The fourth-order valence-electron chi connectivity index (χ4n) is 5.78. The van der Waals surface area contributed by atoms with Crippen molar-refractivity contribution >= 4 is 17.8 Å². The molecule has 1 heterocycles. The van der Waals surface area contributed by atoms with Crippen LogP contribution in [0.3, 0.4) is 0 Å². The fraction of sp³-hybridized carbons (Fsp3) is 0.828. The Morgan fingerprint density at radius 1 is 1.03 bits per heavy atom. The van der Waals surface area contributed by atoms with Crippen LogP contribution in [0.2, 0.25) is 0 Å². The summed E-state index contributed by atoms with van der Waals surface area (Å²) in [6.45, 7) is 13.2. The molecule has 2 aliphatic rings. The molecule has 7 heteroatoms. The van der Waals surface area contributed by atoms with Crippen molar-refractivity contribution in [1.29, 1.82) is 0 Å². The Labute approximate surface area is 219 Å². The number of hydrogen-bond acceptors (Lipinski definition) is 5. The third-order valence-electron chi connectivity index (χ3n) is 8.18. The molecule has 0 spiro atoms. The quantitative estimate of drug-likeness (QED) is 0.325. The second-order valence-electron chi connectivity index (χ2n) is 11.1. The van der Waals surface area contributed by atoms with Crippen molar-refractivity contribution in [3.05, 3.63) is 11.6 Å². The number of hydrogen-bond donors (Lipinski definition) is 1. The second-order valence-corrected chi connectivity index (χ2v) is 11.1. The molecule has 0 aromatic carbocycles. The lowest BCUT2D eigenvalue weighted by Crippen LogP contribution is -2.59. The van der Waals surface area contributed by atoms with E-state index < -0.39 is 6.04 Å². The smallest absolute Gasteiger partial charge is 0.333 e. The predicted molar refractivity (Wildman–Crippen MR) is 144 cm³/mol. The van der Waals surface area contributed by atoms with E-state index in [4.69, 9.17) is 4.74 Å². The van der Waals surface area contributed by atoms with Crippen molar-refractivity contribution in [3.63, 3.8) is 0 Å². The Kier molecular flexibility index (Phi) is 12.4. The first-order valence-corrected chi connectivity index (χ1v) is 14.3. The van der Waals surface area contributed by atoms with E-state index in [9.17, 15) is 14.4 Å². The van der Waals surface area contributed by atoms with Gasteiger partial charge in [0.2, 0.25) is 11.8 Å². The van der Waals surface area contributed by atoms with Crippen molar-refractivity contribution in [1.82, 2.24) is 15.1 Å². The van der Waals surface area contributed by atoms with Gasteiger partial charge in [-0.2, -0.15) is 0 Å². The van der Waals surface area contributed by atoms with Gasteiger partial charge in [0.05, 0.1) is 18.7 Å². The predicted octanol–water partition coefficient (Wildman–Crippen LogP) is 4.70. The molecule has 0 bridgehead atoms. The van der Waals surface area contributed by atoms with Crippen LogP contribution in [-0.2, 0) is 19.1 Å². The lowest BCUT2D eigenvalue weighted by Gasteiger charge is -2.41. The summed E-state index contributed by atoms with van der Waals surface area (Å²) < 4.78 is 5.15. The molecule has 2 amide bonds. The van der Waals surface area contributed by atoms with Crippen molar-refractivity contribution in [2.24, 2.45) is 11.8 Å². The summed E-state index contributed by atoms with van der Waals surface area (Å²) in [5, 5.41) is 3.25. The van der Waals surface area contributed by atoms with Crippen molar-refractivity contribution in [2.45, 2.75) is 123 Å². The number of ether oxygens (including phenoxy) is 1. The highest BCUT2D eigenvalue weighted by Crippen LogP contribution is 2.29. The summed E-state index contributed by atoms with van der Waals surface area (Å²) in [5.74, 6) is -0.186. The first-order valence-electron chi connectivity index (χ1n) is 14.3. The van der Waals surface area contributed by atoms with Gasteiger partial charge >= 0.3 is 5.97 Å². The van der Waals surface area contributed by atoms with Crippen LogP contribution in [0.1, 0.15) is 99.3 Å². The van der Waals surface area contributed by atoms with Crippen LogP contribution in [0, 0.1) is 11.8 Å². The highest BCUT2D eigenvalue weighted by Gasteiger charge is 2.38. The molecule has 0 radical (unpaired) electrons. The fourth-order valence-corrected chi connectivity index (χ4v) is 5.78. The number of esters is 1. The van der Waals surface area contributed by atoms with Gasteiger partial charge in [-0.1, -0.05) is 52.5 Å². The number of nitrogens with zero attached hydrogens (tertiary/aromatic N) is 2. The van der Waals surface area contributed by atoms with Gasteiger partial charge in [-0.05, 0) is 71.3 Å². The second kappa shape index (κ2) is 14.7. The minimum Gasteiger partial charge on any atom is -0.463 e. The van der Waals surface area contributed by atoms with Gasteiger partial charge in [-0.15, -0.1) is 0 Å². The zero-order valence-electron chi connectivity index (χ0n) is 23.8. The van der Waals surface area contributed by atoms with E-state index in [-0.39, 0.29) is 41.7 Å². The molecule has 1 saturated heterocycles. The first-order chi connectivity index (χ1) is 17.1. The summed E-state index contributed by atoms with van der Waals surface area (Å²) in [6, 6.07) is -0.643. The molecule has 0 aromatic rings. The number of carbonyl (C=O) groups is 3. The van der Waals surface area contributed by atoms with E-state index in [1.807, 2.05) is 19.9 Å². The minimum atomic E-state index is -0.541. The van der Waals surface area contributed by atoms with Gasteiger partial charge in [0.1, 0.15) is 6.04 Å². The molecule has 0 aromatic heterocycles. The number of piperidine rings is 1. The SMILES string of the molecule is CCOC(=O)C(C)=C[C@H](C(C)C)N(C)C(=O)[C@@H](NC(=O)C1CCCCN1C(C)CC)C1CCCCC1. The van der Waals surface area contributed by atoms with Gasteiger partial charge in [0.15, 0.2) is 0 Å². The van der Waals surface area contributed by atoms with Crippen LogP contribution in [0.4, 0.5) is 0 Å². The number of carbonyl (C=O) groups excluding carboxylic acids is 3. The normalized spacial score (nSPS) is 22.6. The Balaban J connectivity index is 2.28. The van der Waals surface area contributed by atoms with E-state index in [0.717, 1.165) is 57.9 Å². The molecule has 7 nitrogen and oxygen atoms in total. The molecule has 1 N–H and O–H groups in total. The summed E-state index contributed by atoms with van der Waals surface area (Å²) >= 11 is 0. The number of nitrogens with one attached hydrogen (secondary N) is 1. The molecule has 206 valence electrons. The van der Waals surface area contributed by atoms with Crippen LogP contribution in [-0.4, -0.2) is 72.0 Å². The van der Waals surface area contributed by atoms with Crippen LogP contribution >= 0.6 is 0 Å². The largest absolute Gasteiger partial charge is 0.463 e. The van der Waals surface area contributed by atoms with Gasteiger partial charge in [0.25, 0.3) is 0 Å². The number of amides is 2. The summed E-state index contributed by atoms with van der Waals surface area (Å²) in [7, 11) is 1.80. The molecular formula is C29H51N3O4.